The minimum absolute atomic E-state index is 0.0189. The van der Waals surface area contributed by atoms with Crippen molar-refractivity contribution in [3.05, 3.63) is 29.6 Å². The molecule has 1 aromatic rings. The van der Waals surface area contributed by atoms with Crippen molar-refractivity contribution in [2.24, 2.45) is 0 Å². The van der Waals surface area contributed by atoms with Crippen LogP contribution in [0.2, 0.25) is 0 Å². The minimum atomic E-state index is -3.02. The highest BCUT2D eigenvalue weighted by Gasteiger charge is 2.29. The van der Waals surface area contributed by atoms with Gasteiger partial charge in [0.2, 0.25) is 0 Å². The Morgan fingerprint density at radius 3 is 2.94 bits per heavy atom. The number of hydrogen-bond acceptors (Lipinski definition) is 5. The molecule has 94 valence electrons. The minimum Gasteiger partial charge on any atom is -0.348 e. The standard InChI is InChI=1S/C11H11N3O3S/c12-6-10-5-8(1-3-13-10)11(15)14-9-2-4-18(16,17)7-9/h1,3,5,9H,2,4,7H2,(H,14,15). The fourth-order valence-electron chi connectivity index (χ4n) is 1.81. The summed E-state index contributed by atoms with van der Waals surface area (Å²) in [4.78, 5) is 15.6. The van der Waals surface area contributed by atoms with Gasteiger partial charge >= 0.3 is 0 Å². The highest BCUT2D eigenvalue weighted by Crippen LogP contribution is 2.12. The van der Waals surface area contributed by atoms with Crippen LogP contribution in [0.4, 0.5) is 0 Å². The molecule has 0 saturated carbocycles. The molecule has 1 unspecified atom stereocenters. The molecular weight excluding hydrogens is 254 g/mol. The van der Waals surface area contributed by atoms with Crippen molar-refractivity contribution >= 4 is 15.7 Å². The average Bonchev–Trinajstić information content (AvgIpc) is 2.68. The van der Waals surface area contributed by atoms with Crippen molar-refractivity contribution < 1.29 is 13.2 Å². The van der Waals surface area contributed by atoms with E-state index in [1.165, 1.54) is 18.3 Å². The fourth-order valence-corrected chi connectivity index (χ4v) is 3.48. The van der Waals surface area contributed by atoms with Crippen LogP contribution in [0, 0.1) is 11.3 Å². The van der Waals surface area contributed by atoms with Crippen LogP contribution >= 0.6 is 0 Å². The first-order valence-corrected chi connectivity index (χ1v) is 7.20. The summed E-state index contributed by atoms with van der Waals surface area (Å²) < 4.78 is 22.5. The molecule has 1 aliphatic heterocycles. The number of pyridine rings is 1. The number of sulfone groups is 1. The van der Waals surface area contributed by atoms with Crippen molar-refractivity contribution in [3.63, 3.8) is 0 Å². The van der Waals surface area contributed by atoms with E-state index in [1.54, 1.807) is 0 Å². The van der Waals surface area contributed by atoms with Gasteiger partial charge in [0.25, 0.3) is 5.91 Å². The van der Waals surface area contributed by atoms with Gasteiger partial charge in [0, 0.05) is 17.8 Å². The third kappa shape index (κ3) is 2.84. The maximum atomic E-state index is 11.8. The van der Waals surface area contributed by atoms with Crippen LogP contribution in [0.15, 0.2) is 18.3 Å². The summed E-state index contributed by atoms with van der Waals surface area (Å²) in [5, 5.41) is 11.3. The van der Waals surface area contributed by atoms with Gasteiger partial charge < -0.3 is 5.32 Å². The van der Waals surface area contributed by atoms with Crippen molar-refractivity contribution in [2.75, 3.05) is 11.5 Å². The van der Waals surface area contributed by atoms with E-state index in [4.69, 9.17) is 5.26 Å². The predicted molar refractivity (Wildman–Crippen MR) is 63.5 cm³/mol. The van der Waals surface area contributed by atoms with Gasteiger partial charge in [0.1, 0.15) is 11.8 Å². The molecule has 1 amide bonds. The van der Waals surface area contributed by atoms with Crippen LogP contribution in [0.5, 0.6) is 0 Å². The van der Waals surface area contributed by atoms with E-state index in [-0.39, 0.29) is 29.1 Å². The van der Waals surface area contributed by atoms with Crippen molar-refractivity contribution in [2.45, 2.75) is 12.5 Å². The van der Waals surface area contributed by atoms with E-state index >= 15 is 0 Å². The monoisotopic (exact) mass is 265 g/mol. The molecule has 1 N–H and O–H groups in total. The molecular formula is C11H11N3O3S. The third-order valence-corrected chi connectivity index (χ3v) is 4.47. The highest BCUT2D eigenvalue weighted by atomic mass is 32.2. The molecule has 7 heteroatoms. The van der Waals surface area contributed by atoms with Gasteiger partial charge in [-0.15, -0.1) is 0 Å². The van der Waals surface area contributed by atoms with E-state index in [9.17, 15) is 13.2 Å². The highest BCUT2D eigenvalue weighted by molar-refractivity contribution is 7.91. The maximum absolute atomic E-state index is 11.8. The first kappa shape index (κ1) is 12.5. The molecule has 18 heavy (non-hydrogen) atoms. The van der Waals surface area contributed by atoms with Crippen LogP contribution in [0.3, 0.4) is 0 Å². The summed E-state index contributed by atoms with van der Waals surface area (Å²) in [7, 11) is -3.02. The van der Waals surface area contributed by atoms with E-state index in [0.29, 0.717) is 12.0 Å². The Bertz CT molecular complexity index is 619. The van der Waals surface area contributed by atoms with Crippen LogP contribution in [-0.4, -0.2) is 36.9 Å². The smallest absolute Gasteiger partial charge is 0.251 e. The Balaban J connectivity index is 2.07. The lowest BCUT2D eigenvalue weighted by Gasteiger charge is -2.10. The van der Waals surface area contributed by atoms with Crippen molar-refractivity contribution in [1.29, 1.82) is 5.26 Å². The number of nitrogens with zero attached hydrogens (tertiary/aromatic N) is 2. The zero-order chi connectivity index (χ0) is 13.2. The number of aromatic nitrogens is 1. The number of carbonyl (C=O) groups is 1. The molecule has 1 saturated heterocycles. The molecule has 0 aromatic carbocycles. The van der Waals surface area contributed by atoms with Crippen molar-refractivity contribution in [1.82, 2.24) is 10.3 Å². The van der Waals surface area contributed by atoms with Gasteiger partial charge in [-0.25, -0.2) is 13.4 Å². The second kappa shape index (κ2) is 4.74. The fraction of sp³-hybridized carbons (Fsp3) is 0.364. The van der Waals surface area contributed by atoms with Crippen molar-refractivity contribution in [3.8, 4) is 6.07 Å². The van der Waals surface area contributed by atoms with Crippen LogP contribution < -0.4 is 5.32 Å². The Labute approximate surface area is 105 Å². The van der Waals surface area contributed by atoms with Crippen LogP contribution in [0.1, 0.15) is 22.5 Å². The third-order valence-electron chi connectivity index (χ3n) is 2.70. The Morgan fingerprint density at radius 2 is 2.33 bits per heavy atom. The molecule has 1 aromatic heterocycles. The topological polar surface area (TPSA) is 99.9 Å². The Morgan fingerprint density at radius 1 is 1.56 bits per heavy atom. The van der Waals surface area contributed by atoms with E-state index < -0.39 is 9.84 Å². The Kier molecular flexibility index (Phi) is 3.30. The quantitative estimate of drug-likeness (QED) is 0.803. The Hall–Kier alpha value is -1.94. The largest absolute Gasteiger partial charge is 0.348 e. The molecule has 1 aliphatic rings. The first-order valence-electron chi connectivity index (χ1n) is 5.37. The molecule has 0 aliphatic carbocycles. The summed E-state index contributed by atoms with van der Waals surface area (Å²) >= 11 is 0. The summed E-state index contributed by atoms with van der Waals surface area (Å²) in [5.74, 6) is -0.289. The lowest BCUT2D eigenvalue weighted by atomic mass is 10.2. The van der Waals surface area contributed by atoms with Gasteiger partial charge in [-0.2, -0.15) is 5.26 Å². The second-order valence-electron chi connectivity index (χ2n) is 4.11. The number of carbonyl (C=O) groups excluding carboxylic acids is 1. The van der Waals surface area contributed by atoms with Gasteiger partial charge in [0.05, 0.1) is 11.5 Å². The number of amides is 1. The molecule has 0 bridgehead atoms. The maximum Gasteiger partial charge on any atom is 0.251 e. The molecule has 2 rings (SSSR count). The molecule has 0 spiro atoms. The van der Waals surface area contributed by atoms with Gasteiger partial charge in [-0.1, -0.05) is 0 Å². The van der Waals surface area contributed by atoms with E-state index in [0.717, 1.165) is 0 Å². The van der Waals surface area contributed by atoms with Gasteiger partial charge in [0.15, 0.2) is 9.84 Å². The number of nitriles is 1. The molecule has 2 heterocycles. The van der Waals surface area contributed by atoms with Crippen LogP contribution in [0.25, 0.3) is 0 Å². The zero-order valence-corrected chi connectivity index (χ0v) is 10.3. The normalized spacial score (nSPS) is 21.2. The number of hydrogen-bond donors (Lipinski definition) is 1. The average molecular weight is 265 g/mol. The molecule has 0 radical (unpaired) electrons. The molecule has 6 nitrogen and oxygen atoms in total. The van der Waals surface area contributed by atoms with E-state index in [1.807, 2.05) is 6.07 Å². The van der Waals surface area contributed by atoms with E-state index in [2.05, 4.69) is 10.3 Å². The van der Waals surface area contributed by atoms with Gasteiger partial charge in [-0.05, 0) is 18.6 Å². The zero-order valence-electron chi connectivity index (χ0n) is 9.46. The summed E-state index contributed by atoms with van der Waals surface area (Å²) in [6.07, 6.45) is 1.81. The lowest BCUT2D eigenvalue weighted by molar-refractivity contribution is 0.0941. The number of nitrogens with one attached hydrogen (secondary N) is 1. The summed E-state index contributed by atoms with van der Waals surface area (Å²) in [5.41, 5.74) is 0.465. The summed E-state index contributed by atoms with van der Waals surface area (Å²) in [6.45, 7) is 0. The predicted octanol–water partition coefficient (Wildman–Crippen LogP) is -0.130. The first-order chi connectivity index (χ1) is 8.50. The van der Waals surface area contributed by atoms with Crippen LogP contribution in [-0.2, 0) is 9.84 Å². The molecule has 1 fully saturated rings. The summed E-state index contributed by atoms with van der Waals surface area (Å²) in [6, 6.07) is 4.36. The number of rotatable bonds is 2. The van der Waals surface area contributed by atoms with Gasteiger partial charge in [-0.3, -0.25) is 4.79 Å². The SMILES string of the molecule is N#Cc1cc(C(=O)NC2CCS(=O)(=O)C2)ccn1. The second-order valence-corrected chi connectivity index (χ2v) is 6.34. The lowest BCUT2D eigenvalue weighted by Crippen LogP contribution is -2.35. The molecule has 1 atom stereocenters.